The summed E-state index contributed by atoms with van der Waals surface area (Å²) >= 11 is 0. The lowest BCUT2D eigenvalue weighted by molar-refractivity contribution is -0.140. The fourth-order valence-corrected chi connectivity index (χ4v) is 5.28. The van der Waals surface area contributed by atoms with Gasteiger partial charge in [-0.2, -0.15) is 0 Å². The molecule has 2 aromatic rings. The second kappa shape index (κ2) is 9.60. The number of fused-ring (bicyclic) bond motifs is 6. The Morgan fingerprint density at radius 3 is 2.50 bits per heavy atom. The molecular formula is C23H29IN6O2. The molecule has 1 aromatic carbocycles. The zero-order chi connectivity index (χ0) is 21.4. The average Bonchev–Trinajstić information content (AvgIpc) is 3.54. The van der Waals surface area contributed by atoms with E-state index in [0.717, 1.165) is 42.7 Å². The number of nitrogens with zero attached hydrogens (tertiary/aromatic N) is 3. The molecular weight excluding hydrogens is 519 g/mol. The van der Waals surface area contributed by atoms with Gasteiger partial charge in [-0.25, -0.2) is 4.98 Å². The Morgan fingerprint density at radius 2 is 1.81 bits per heavy atom. The van der Waals surface area contributed by atoms with Crippen molar-refractivity contribution >= 4 is 52.8 Å². The highest BCUT2D eigenvalue weighted by Crippen LogP contribution is 2.52. The molecule has 4 atom stereocenters. The lowest BCUT2D eigenvalue weighted by Crippen LogP contribution is -2.44. The molecule has 3 N–H and O–H groups in total. The van der Waals surface area contributed by atoms with Gasteiger partial charge in [-0.1, -0.05) is 24.3 Å². The van der Waals surface area contributed by atoms with Crippen LogP contribution in [0.4, 0.5) is 0 Å². The Balaban J connectivity index is 0.00000245. The van der Waals surface area contributed by atoms with Gasteiger partial charge in [0.25, 0.3) is 0 Å². The van der Waals surface area contributed by atoms with Crippen LogP contribution in [-0.2, 0) is 16.0 Å². The number of allylic oxidation sites excluding steroid dienone is 2. The third-order valence-corrected chi connectivity index (χ3v) is 6.73. The number of likely N-dealkylation sites (tertiary alicyclic amines) is 1. The SMILES string of the molecule is CN=C(NCCCc1nc2ccccc2[nH]1)NCCN1C(=O)C2C3C=CC(C3)C2C1=O.I. The van der Waals surface area contributed by atoms with Crippen LogP contribution in [0.3, 0.4) is 0 Å². The first-order valence-corrected chi connectivity index (χ1v) is 11.1. The fourth-order valence-electron chi connectivity index (χ4n) is 5.28. The maximum absolute atomic E-state index is 12.7. The van der Waals surface area contributed by atoms with E-state index in [1.165, 1.54) is 4.90 Å². The van der Waals surface area contributed by atoms with E-state index in [1.807, 2.05) is 24.3 Å². The molecule has 2 heterocycles. The fraction of sp³-hybridized carbons (Fsp3) is 0.478. The highest BCUT2D eigenvalue weighted by atomic mass is 127. The van der Waals surface area contributed by atoms with Crippen LogP contribution in [0.1, 0.15) is 18.7 Å². The monoisotopic (exact) mass is 548 g/mol. The van der Waals surface area contributed by atoms with Crippen molar-refractivity contribution < 1.29 is 9.59 Å². The molecule has 170 valence electrons. The first-order valence-electron chi connectivity index (χ1n) is 11.1. The Labute approximate surface area is 204 Å². The summed E-state index contributed by atoms with van der Waals surface area (Å²) in [5, 5.41) is 6.50. The number of aliphatic imine (C=N–C) groups is 1. The molecule has 2 aliphatic carbocycles. The second-order valence-corrected chi connectivity index (χ2v) is 8.56. The highest BCUT2D eigenvalue weighted by molar-refractivity contribution is 14.0. The first kappa shape index (κ1) is 22.8. The lowest BCUT2D eigenvalue weighted by atomic mass is 9.85. The first-order chi connectivity index (χ1) is 15.2. The summed E-state index contributed by atoms with van der Waals surface area (Å²) < 4.78 is 0. The van der Waals surface area contributed by atoms with Gasteiger partial charge in [0, 0.05) is 33.1 Å². The van der Waals surface area contributed by atoms with Crippen LogP contribution < -0.4 is 10.6 Å². The van der Waals surface area contributed by atoms with Gasteiger partial charge in [-0.3, -0.25) is 19.5 Å². The predicted octanol–water partition coefficient (Wildman–Crippen LogP) is 2.09. The summed E-state index contributed by atoms with van der Waals surface area (Å²) in [5.41, 5.74) is 2.05. The maximum atomic E-state index is 12.7. The summed E-state index contributed by atoms with van der Waals surface area (Å²) in [5.74, 6) is 1.91. The van der Waals surface area contributed by atoms with E-state index in [-0.39, 0.29) is 59.5 Å². The lowest BCUT2D eigenvalue weighted by Gasteiger charge is -2.18. The number of benzene rings is 1. The van der Waals surface area contributed by atoms with Crippen molar-refractivity contribution in [3.63, 3.8) is 0 Å². The van der Waals surface area contributed by atoms with Crippen molar-refractivity contribution in [2.75, 3.05) is 26.7 Å². The number of imide groups is 1. The minimum atomic E-state index is -0.127. The molecule has 4 unspecified atom stereocenters. The number of carbonyl (C=O) groups excluding carboxylic acids is 2. The third kappa shape index (κ3) is 4.14. The van der Waals surface area contributed by atoms with E-state index < -0.39 is 0 Å². The average molecular weight is 548 g/mol. The van der Waals surface area contributed by atoms with E-state index >= 15 is 0 Å². The minimum absolute atomic E-state index is 0. The number of para-hydroxylation sites is 2. The van der Waals surface area contributed by atoms with Crippen molar-refractivity contribution in [1.29, 1.82) is 0 Å². The van der Waals surface area contributed by atoms with Crippen LogP contribution in [0.15, 0.2) is 41.4 Å². The summed E-state index contributed by atoms with van der Waals surface area (Å²) in [7, 11) is 1.72. The highest BCUT2D eigenvalue weighted by Gasteiger charge is 2.58. The van der Waals surface area contributed by atoms with E-state index in [4.69, 9.17) is 0 Å². The number of H-pyrrole nitrogens is 1. The largest absolute Gasteiger partial charge is 0.356 e. The Bertz CT molecular complexity index is 1000. The second-order valence-electron chi connectivity index (χ2n) is 8.56. The Kier molecular flexibility index (Phi) is 6.82. The van der Waals surface area contributed by atoms with Crippen LogP contribution >= 0.6 is 24.0 Å². The van der Waals surface area contributed by atoms with Crippen LogP contribution in [0.25, 0.3) is 11.0 Å². The van der Waals surface area contributed by atoms with Gasteiger partial charge < -0.3 is 15.6 Å². The van der Waals surface area contributed by atoms with Gasteiger partial charge in [-0.15, -0.1) is 24.0 Å². The summed E-state index contributed by atoms with van der Waals surface area (Å²) in [6.45, 7) is 1.62. The Hall–Kier alpha value is -2.43. The molecule has 3 aliphatic rings. The number of hydrogen-bond donors (Lipinski definition) is 3. The number of halogens is 1. The van der Waals surface area contributed by atoms with Gasteiger partial charge in [0.1, 0.15) is 5.82 Å². The molecule has 2 bridgehead atoms. The van der Waals surface area contributed by atoms with Crippen molar-refractivity contribution in [2.24, 2.45) is 28.7 Å². The number of amides is 2. The number of hydrogen-bond acceptors (Lipinski definition) is 4. The smallest absolute Gasteiger partial charge is 0.233 e. The van der Waals surface area contributed by atoms with Crippen LogP contribution in [-0.4, -0.2) is 59.3 Å². The summed E-state index contributed by atoms with van der Waals surface area (Å²) in [6.07, 6.45) is 6.95. The molecule has 1 saturated heterocycles. The predicted molar refractivity (Wildman–Crippen MR) is 134 cm³/mol. The van der Waals surface area contributed by atoms with Gasteiger partial charge in [0.2, 0.25) is 11.8 Å². The number of nitrogens with one attached hydrogen (secondary N) is 3. The molecule has 9 heteroatoms. The van der Waals surface area contributed by atoms with Gasteiger partial charge >= 0.3 is 0 Å². The zero-order valence-electron chi connectivity index (χ0n) is 18.1. The molecule has 0 spiro atoms. The molecule has 32 heavy (non-hydrogen) atoms. The third-order valence-electron chi connectivity index (χ3n) is 6.73. The van der Waals surface area contributed by atoms with Crippen molar-refractivity contribution in [1.82, 2.24) is 25.5 Å². The molecule has 5 rings (SSSR count). The molecule has 2 fully saturated rings. The molecule has 1 saturated carbocycles. The number of imidazole rings is 1. The van der Waals surface area contributed by atoms with E-state index in [9.17, 15) is 9.59 Å². The molecule has 1 aliphatic heterocycles. The zero-order valence-corrected chi connectivity index (χ0v) is 20.4. The van der Waals surface area contributed by atoms with Crippen LogP contribution in [0, 0.1) is 23.7 Å². The maximum Gasteiger partial charge on any atom is 0.233 e. The standard InChI is InChI=1S/C23H28N6O2.HI/c1-24-23(25-10-4-7-18-27-16-5-2-3-6-17(16)28-18)26-11-12-29-21(30)19-14-8-9-15(13-14)20(19)22(29)31;/h2-3,5-6,8-9,14-15,19-20H,4,7,10-13H2,1H3,(H,27,28)(H2,24,25,26);1H. The summed E-state index contributed by atoms with van der Waals surface area (Å²) in [4.78, 5) is 39.1. The van der Waals surface area contributed by atoms with Crippen molar-refractivity contribution in [3.05, 3.63) is 42.2 Å². The molecule has 2 amide bonds. The molecule has 1 aromatic heterocycles. The van der Waals surface area contributed by atoms with Crippen LogP contribution in [0.2, 0.25) is 0 Å². The van der Waals surface area contributed by atoms with E-state index in [1.54, 1.807) is 7.05 Å². The minimum Gasteiger partial charge on any atom is -0.356 e. The van der Waals surface area contributed by atoms with Crippen molar-refractivity contribution in [3.8, 4) is 0 Å². The Morgan fingerprint density at radius 1 is 1.12 bits per heavy atom. The number of aromatic nitrogens is 2. The van der Waals surface area contributed by atoms with Crippen molar-refractivity contribution in [2.45, 2.75) is 19.3 Å². The topological polar surface area (TPSA) is 102 Å². The number of aryl methyl sites for hydroxylation is 1. The molecule has 0 radical (unpaired) electrons. The van der Waals surface area contributed by atoms with Gasteiger partial charge in [0.15, 0.2) is 5.96 Å². The van der Waals surface area contributed by atoms with E-state index in [0.29, 0.717) is 19.0 Å². The van der Waals surface area contributed by atoms with Gasteiger partial charge in [0.05, 0.1) is 22.9 Å². The summed E-state index contributed by atoms with van der Waals surface area (Å²) in [6, 6.07) is 8.02. The number of rotatable bonds is 7. The molecule has 8 nitrogen and oxygen atoms in total. The van der Waals surface area contributed by atoms with E-state index in [2.05, 4.69) is 37.7 Å². The number of guanidine groups is 1. The quantitative estimate of drug-likeness (QED) is 0.123. The van der Waals surface area contributed by atoms with Crippen LogP contribution in [0.5, 0.6) is 0 Å². The number of carbonyl (C=O) groups is 2. The number of aromatic amines is 1. The normalized spacial score (nSPS) is 26.0. The van der Waals surface area contributed by atoms with Gasteiger partial charge in [-0.05, 0) is 36.8 Å².